The van der Waals surface area contributed by atoms with Gasteiger partial charge >= 0.3 is 0 Å². The molecule has 14 unspecified atom stereocenters. The maximum atomic E-state index is 13.4. The van der Waals surface area contributed by atoms with Gasteiger partial charge in [-0.05, 0) is 18.8 Å². The van der Waals surface area contributed by atoms with Crippen molar-refractivity contribution in [3.8, 4) is 0 Å². The maximum Gasteiger partial charge on any atom is 0.249 e. The molecule has 0 aliphatic carbocycles. The smallest absolute Gasteiger partial charge is 0.249 e. The summed E-state index contributed by atoms with van der Waals surface area (Å²) in [6, 6.07) is -2.67. The molecule has 0 saturated carbocycles. The molecular formula is C59H114N2O15. The van der Waals surface area contributed by atoms with Crippen molar-refractivity contribution in [2.45, 2.75) is 338 Å². The van der Waals surface area contributed by atoms with Crippen molar-refractivity contribution in [2.24, 2.45) is 5.92 Å². The minimum absolute atomic E-state index is 0.203. The predicted molar refractivity (Wildman–Crippen MR) is 296 cm³/mol. The molecule has 0 aromatic heterocycles. The van der Waals surface area contributed by atoms with Gasteiger partial charge < -0.3 is 75.5 Å². The van der Waals surface area contributed by atoms with Crippen LogP contribution in [0.2, 0.25) is 0 Å². The lowest BCUT2D eigenvalue weighted by Crippen LogP contribution is -2.67. The van der Waals surface area contributed by atoms with E-state index < -0.39 is 117 Å². The summed E-state index contributed by atoms with van der Waals surface area (Å²) >= 11 is 0. The zero-order chi connectivity index (χ0) is 55.9. The van der Waals surface area contributed by atoms with Gasteiger partial charge in [-0.25, -0.2) is 0 Å². The Morgan fingerprint density at radius 3 is 1.34 bits per heavy atom. The van der Waals surface area contributed by atoms with Crippen molar-refractivity contribution in [2.75, 3.05) is 19.8 Å². The quantitative estimate of drug-likeness (QED) is 0.0261. The number of aliphatic hydroxyl groups is 9. The summed E-state index contributed by atoms with van der Waals surface area (Å²) in [6.07, 6.45) is 21.6. The van der Waals surface area contributed by atoms with E-state index >= 15 is 0 Å². The van der Waals surface area contributed by atoms with Crippen LogP contribution in [0.4, 0.5) is 0 Å². The third-order valence-electron chi connectivity index (χ3n) is 15.6. The summed E-state index contributed by atoms with van der Waals surface area (Å²) in [5.74, 6) is -0.599. The molecule has 2 amide bonds. The highest BCUT2D eigenvalue weighted by Crippen LogP contribution is 2.30. The molecule has 0 bridgehead atoms. The Labute approximate surface area is 459 Å². The van der Waals surface area contributed by atoms with E-state index in [1.165, 1.54) is 154 Å². The number of carbonyl (C=O) groups excluding carboxylic acids is 2. The minimum Gasteiger partial charge on any atom is -0.394 e. The number of ether oxygens (including phenoxy) is 4. The molecule has 2 heterocycles. The molecule has 17 nitrogen and oxygen atoms in total. The third-order valence-corrected chi connectivity index (χ3v) is 15.6. The van der Waals surface area contributed by atoms with E-state index in [-0.39, 0.29) is 12.8 Å². The van der Waals surface area contributed by atoms with Gasteiger partial charge in [-0.2, -0.15) is 0 Å². The molecule has 0 aromatic rings. The average molecular weight is 1090 g/mol. The highest BCUT2D eigenvalue weighted by Gasteiger charge is 2.51. The lowest BCUT2D eigenvalue weighted by Gasteiger charge is -2.47. The van der Waals surface area contributed by atoms with Gasteiger partial charge in [-0.1, -0.05) is 233 Å². The molecule has 0 aromatic carbocycles. The zero-order valence-corrected chi connectivity index (χ0v) is 48.0. The lowest BCUT2D eigenvalue weighted by atomic mass is 9.95. The molecule has 2 fully saturated rings. The number of unbranched alkanes of at least 4 members (excludes halogenated alkanes) is 30. The highest BCUT2D eigenvalue weighted by molar-refractivity contribution is 5.80. The van der Waals surface area contributed by atoms with Gasteiger partial charge in [0, 0.05) is 6.92 Å². The van der Waals surface area contributed by atoms with E-state index in [9.17, 15) is 55.5 Å². The van der Waals surface area contributed by atoms with Crippen LogP contribution >= 0.6 is 0 Å². The van der Waals surface area contributed by atoms with E-state index in [2.05, 4.69) is 31.4 Å². The van der Waals surface area contributed by atoms with Crippen LogP contribution in [-0.4, -0.2) is 163 Å². The van der Waals surface area contributed by atoms with Crippen LogP contribution in [0.3, 0.4) is 0 Å². The molecule has 76 heavy (non-hydrogen) atoms. The normalized spacial score (nSPS) is 25.6. The van der Waals surface area contributed by atoms with E-state index in [0.717, 1.165) is 57.8 Å². The van der Waals surface area contributed by atoms with Crippen molar-refractivity contribution in [1.29, 1.82) is 0 Å². The Bertz CT molecular complexity index is 1400. The predicted octanol–water partition coefficient (Wildman–Crippen LogP) is 7.67. The van der Waals surface area contributed by atoms with E-state index in [0.29, 0.717) is 12.8 Å². The van der Waals surface area contributed by atoms with Crippen molar-refractivity contribution >= 4 is 11.8 Å². The molecule has 2 aliphatic heterocycles. The average Bonchev–Trinajstić information content (AvgIpc) is 3.40. The molecular weight excluding hydrogens is 977 g/mol. The maximum absolute atomic E-state index is 13.4. The van der Waals surface area contributed by atoms with E-state index in [4.69, 9.17) is 18.9 Å². The topological polar surface area (TPSA) is 277 Å². The van der Waals surface area contributed by atoms with Crippen LogP contribution in [0.1, 0.15) is 252 Å². The van der Waals surface area contributed by atoms with Crippen LogP contribution in [0.5, 0.6) is 0 Å². The molecule has 2 aliphatic rings. The van der Waals surface area contributed by atoms with Crippen molar-refractivity contribution in [1.82, 2.24) is 10.6 Å². The van der Waals surface area contributed by atoms with Crippen LogP contribution in [0.15, 0.2) is 0 Å². The summed E-state index contributed by atoms with van der Waals surface area (Å²) in [6.45, 7) is 5.92. The minimum atomic E-state index is -1.86. The number of aliphatic hydroxyl groups excluding tert-OH is 9. The Balaban J connectivity index is 1.88. The first-order valence-corrected chi connectivity index (χ1v) is 30.8. The Kier molecular flexibility index (Phi) is 40.9. The van der Waals surface area contributed by atoms with Crippen LogP contribution in [-0.2, 0) is 28.5 Å². The highest BCUT2D eigenvalue weighted by atomic mass is 16.7. The number of nitrogens with one attached hydrogen (secondary N) is 2. The van der Waals surface area contributed by atoms with Gasteiger partial charge in [0.2, 0.25) is 11.8 Å². The number of hydrogen-bond acceptors (Lipinski definition) is 15. The number of rotatable bonds is 48. The van der Waals surface area contributed by atoms with Crippen LogP contribution in [0, 0.1) is 5.92 Å². The first kappa shape index (κ1) is 70.5. The molecule has 11 N–H and O–H groups in total. The third kappa shape index (κ3) is 30.3. The number of amides is 2. The van der Waals surface area contributed by atoms with Gasteiger partial charge in [0.15, 0.2) is 12.6 Å². The van der Waals surface area contributed by atoms with Crippen molar-refractivity contribution < 1.29 is 74.5 Å². The van der Waals surface area contributed by atoms with Crippen molar-refractivity contribution in [3.05, 3.63) is 0 Å². The second-order valence-electron chi connectivity index (χ2n) is 23.0. The summed E-state index contributed by atoms with van der Waals surface area (Å²) in [5, 5.41) is 102. The second kappa shape index (κ2) is 44.1. The van der Waals surface area contributed by atoms with Gasteiger partial charge in [0.25, 0.3) is 0 Å². The standard InChI is InChI=1S/C59H114N2O15/c1-5-6-7-8-9-10-11-12-13-14-15-16-17-18-19-24-27-30-33-36-39-47(66)57(72)61-45(51(67)46(65)38-35-32-29-26-23-21-20-22-25-28-31-34-37-43(2)3)42-73-59-55(71)54(70)56(49(41-63)75-59)76-58-50(60-44(4)64)53(69)52(68)48(40-62)74-58/h43,45-56,58-59,62-63,65-71H,5-42H2,1-4H3,(H,60,64)(H,61,72). The van der Waals surface area contributed by atoms with Gasteiger partial charge in [0.05, 0.1) is 32.0 Å². The first-order valence-electron chi connectivity index (χ1n) is 30.8. The molecule has 2 saturated heterocycles. The SMILES string of the molecule is CCCCCCCCCCCCCCCCCCCCCCC(O)C(=O)NC(COC1OC(CO)C(OC2OC(CO)C(O)C(O)C2NC(C)=O)C(O)C1O)C(O)C(O)CCCCCCCCCCCCCCC(C)C. The summed E-state index contributed by atoms with van der Waals surface area (Å²) in [4.78, 5) is 25.4. The Hall–Kier alpha value is -1.58. The molecule has 0 spiro atoms. The molecule has 450 valence electrons. The molecule has 17 heteroatoms. The second-order valence-corrected chi connectivity index (χ2v) is 23.0. The number of carbonyl (C=O) groups is 2. The lowest BCUT2D eigenvalue weighted by molar-refractivity contribution is -0.347. The number of hydrogen-bond donors (Lipinski definition) is 11. The van der Waals surface area contributed by atoms with Crippen LogP contribution < -0.4 is 10.6 Å². The zero-order valence-electron chi connectivity index (χ0n) is 48.0. The molecule has 0 radical (unpaired) electrons. The van der Waals surface area contributed by atoms with E-state index in [1.54, 1.807) is 0 Å². The monoisotopic (exact) mass is 1090 g/mol. The molecule has 14 atom stereocenters. The fraction of sp³-hybridized carbons (Fsp3) is 0.966. The van der Waals surface area contributed by atoms with Crippen molar-refractivity contribution in [3.63, 3.8) is 0 Å². The van der Waals surface area contributed by atoms with E-state index in [1.807, 2.05) is 0 Å². The first-order chi connectivity index (χ1) is 36.7. The Morgan fingerprint density at radius 1 is 0.513 bits per heavy atom. The van der Waals surface area contributed by atoms with Gasteiger partial charge in [-0.15, -0.1) is 0 Å². The van der Waals surface area contributed by atoms with Crippen LogP contribution in [0.25, 0.3) is 0 Å². The Morgan fingerprint density at radius 2 is 0.921 bits per heavy atom. The summed E-state index contributed by atoms with van der Waals surface area (Å²) in [7, 11) is 0. The summed E-state index contributed by atoms with van der Waals surface area (Å²) in [5.41, 5.74) is 0. The fourth-order valence-corrected chi connectivity index (χ4v) is 10.6. The fourth-order valence-electron chi connectivity index (χ4n) is 10.6. The summed E-state index contributed by atoms with van der Waals surface area (Å²) < 4.78 is 23.2. The largest absolute Gasteiger partial charge is 0.394 e. The molecule has 2 rings (SSSR count). The van der Waals surface area contributed by atoms with Gasteiger partial charge in [0.1, 0.15) is 61.0 Å². The van der Waals surface area contributed by atoms with Gasteiger partial charge in [-0.3, -0.25) is 9.59 Å².